The van der Waals surface area contributed by atoms with Crippen LogP contribution in [-0.4, -0.2) is 43.3 Å². The van der Waals surface area contributed by atoms with Crippen molar-refractivity contribution in [3.05, 3.63) is 41.7 Å². The maximum absolute atomic E-state index is 5.93. The van der Waals surface area contributed by atoms with Crippen LogP contribution in [-0.2, 0) is 0 Å². The third-order valence-electron chi connectivity index (χ3n) is 3.63. The van der Waals surface area contributed by atoms with Crippen LogP contribution in [0.4, 0.5) is 11.5 Å². The fourth-order valence-corrected chi connectivity index (χ4v) is 2.59. The van der Waals surface area contributed by atoms with Gasteiger partial charge >= 0.3 is 0 Å². The molecule has 0 atom stereocenters. The van der Waals surface area contributed by atoms with E-state index < -0.39 is 0 Å². The SMILES string of the molecule is COc1cc(N2CCN(c3ccc(Cl)cc3)CC2)ncn1. The number of hydrogen-bond donors (Lipinski definition) is 0. The Kier molecular flexibility index (Phi) is 4.10. The van der Waals surface area contributed by atoms with Crippen molar-refractivity contribution in [1.29, 1.82) is 0 Å². The Morgan fingerprint density at radius 3 is 2.33 bits per heavy atom. The fourth-order valence-electron chi connectivity index (χ4n) is 2.46. The smallest absolute Gasteiger partial charge is 0.218 e. The standard InChI is InChI=1S/C15H17ClN4O/c1-21-15-10-14(17-11-18-15)20-8-6-19(7-9-20)13-4-2-12(16)3-5-13/h2-5,10-11H,6-9H2,1H3. The molecule has 0 radical (unpaired) electrons. The monoisotopic (exact) mass is 304 g/mol. The summed E-state index contributed by atoms with van der Waals surface area (Å²) >= 11 is 5.93. The van der Waals surface area contributed by atoms with Crippen molar-refractivity contribution in [2.45, 2.75) is 0 Å². The van der Waals surface area contributed by atoms with Crippen molar-refractivity contribution >= 4 is 23.1 Å². The second-order valence-electron chi connectivity index (χ2n) is 4.87. The Morgan fingerprint density at radius 1 is 1.00 bits per heavy atom. The first kappa shape index (κ1) is 13.9. The van der Waals surface area contributed by atoms with Crippen molar-refractivity contribution in [2.24, 2.45) is 0 Å². The number of nitrogens with zero attached hydrogens (tertiary/aromatic N) is 4. The number of ether oxygens (including phenoxy) is 1. The summed E-state index contributed by atoms with van der Waals surface area (Å²) in [5, 5.41) is 0.769. The van der Waals surface area contributed by atoms with Gasteiger partial charge in [-0.05, 0) is 24.3 Å². The number of anilines is 2. The molecule has 6 heteroatoms. The van der Waals surface area contributed by atoms with Gasteiger partial charge in [-0.15, -0.1) is 0 Å². The van der Waals surface area contributed by atoms with E-state index in [9.17, 15) is 0 Å². The Labute approximate surface area is 129 Å². The van der Waals surface area contributed by atoms with E-state index in [0.717, 1.165) is 37.0 Å². The van der Waals surface area contributed by atoms with Gasteiger partial charge in [-0.25, -0.2) is 9.97 Å². The van der Waals surface area contributed by atoms with Crippen molar-refractivity contribution < 1.29 is 4.74 Å². The van der Waals surface area contributed by atoms with Crippen molar-refractivity contribution in [3.63, 3.8) is 0 Å². The number of aromatic nitrogens is 2. The zero-order valence-electron chi connectivity index (χ0n) is 11.9. The van der Waals surface area contributed by atoms with Crippen LogP contribution < -0.4 is 14.5 Å². The molecule has 1 fully saturated rings. The summed E-state index contributed by atoms with van der Waals surface area (Å²) in [6, 6.07) is 9.85. The average molecular weight is 305 g/mol. The summed E-state index contributed by atoms with van der Waals surface area (Å²) in [5.41, 5.74) is 1.21. The van der Waals surface area contributed by atoms with Gasteiger partial charge in [0.15, 0.2) is 0 Å². The molecule has 1 saturated heterocycles. The molecule has 21 heavy (non-hydrogen) atoms. The van der Waals surface area contributed by atoms with E-state index in [1.165, 1.54) is 5.69 Å². The van der Waals surface area contributed by atoms with Crippen LogP contribution in [0.15, 0.2) is 36.7 Å². The van der Waals surface area contributed by atoms with Gasteiger partial charge in [0, 0.05) is 43.0 Å². The first-order valence-corrected chi connectivity index (χ1v) is 7.25. The van der Waals surface area contributed by atoms with Crippen molar-refractivity contribution in [2.75, 3.05) is 43.1 Å². The Hall–Kier alpha value is -2.01. The summed E-state index contributed by atoms with van der Waals surface area (Å²) < 4.78 is 5.15. The minimum absolute atomic E-state index is 0.597. The highest BCUT2D eigenvalue weighted by atomic mass is 35.5. The number of halogens is 1. The molecular weight excluding hydrogens is 288 g/mol. The number of piperazine rings is 1. The maximum atomic E-state index is 5.93. The molecule has 110 valence electrons. The second kappa shape index (κ2) is 6.18. The first-order chi connectivity index (χ1) is 10.3. The van der Waals surface area contributed by atoms with Crippen LogP contribution >= 0.6 is 11.6 Å². The van der Waals surface area contributed by atoms with E-state index in [2.05, 4.69) is 31.9 Å². The molecule has 5 nitrogen and oxygen atoms in total. The zero-order valence-corrected chi connectivity index (χ0v) is 12.6. The Bertz CT molecular complexity index is 597. The minimum Gasteiger partial charge on any atom is -0.481 e. The van der Waals surface area contributed by atoms with E-state index in [4.69, 9.17) is 16.3 Å². The third-order valence-corrected chi connectivity index (χ3v) is 3.88. The van der Waals surface area contributed by atoms with Crippen LogP contribution in [0.2, 0.25) is 5.02 Å². The minimum atomic E-state index is 0.597. The predicted octanol–water partition coefficient (Wildman–Crippen LogP) is 2.47. The molecule has 0 N–H and O–H groups in total. The van der Waals surface area contributed by atoms with E-state index in [1.54, 1.807) is 13.4 Å². The molecule has 1 aromatic carbocycles. The Morgan fingerprint density at radius 2 is 1.67 bits per heavy atom. The number of rotatable bonds is 3. The highest BCUT2D eigenvalue weighted by molar-refractivity contribution is 6.30. The van der Waals surface area contributed by atoms with E-state index >= 15 is 0 Å². The zero-order chi connectivity index (χ0) is 14.7. The lowest BCUT2D eigenvalue weighted by Crippen LogP contribution is -2.46. The van der Waals surface area contributed by atoms with Gasteiger partial charge in [-0.3, -0.25) is 0 Å². The van der Waals surface area contributed by atoms with E-state index in [-0.39, 0.29) is 0 Å². The first-order valence-electron chi connectivity index (χ1n) is 6.88. The molecule has 3 rings (SSSR count). The van der Waals surface area contributed by atoms with E-state index in [1.807, 2.05) is 18.2 Å². The molecule has 1 aliphatic heterocycles. The fraction of sp³-hybridized carbons (Fsp3) is 0.333. The van der Waals surface area contributed by atoms with Crippen molar-refractivity contribution in [1.82, 2.24) is 9.97 Å². The summed E-state index contributed by atoms with van der Waals surface area (Å²) in [5.74, 6) is 1.51. The normalized spacial score (nSPS) is 15.1. The molecule has 1 aliphatic rings. The summed E-state index contributed by atoms with van der Waals surface area (Å²) in [7, 11) is 1.62. The van der Waals surface area contributed by atoms with Crippen LogP contribution in [0, 0.1) is 0 Å². The van der Waals surface area contributed by atoms with Crippen LogP contribution in [0.3, 0.4) is 0 Å². The van der Waals surface area contributed by atoms with Gasteiger partial charge in [0.2, 0.25) is 5.88 Å². The molecule has 0 saturated carbocycles. The van der Waals surface area contributed by atoms with Gasteiger partial charge in [-0.2, -0.15) is 0 Å². The molecular formula is C15H17ClN4O. The molecule has 0 spiro atoms. The van der Waals surface area contributed by atoms with Gasteiger partial charge < -0.3 is 14.5 Å². The molecule has 2 aromatic rings. The van der Waals surface area contributed by atoms with Gasteiger partial charge in [0.05, 0.1) is 7.11 Å². The summed E-state index contributed by atoms with van der Waals surface area (Å²) in [6.45, 7) is 3.74. The third kappa shape index (κ3) is 3.19. The molecule has 0 aliphatic carbocycles. The van der Waals surface area contributed by atoms with Gasteiger partial charge in [-0.1, -0.05) is 11.6 Å². The molecule has 1 aromatic heterocycles. The van der Waals surface area contributed by atoms with E-state index in [0.29, 0.717) is 5.88 Å². The highest BCUT2D eigenvalue weighted by Gasteiger charge is 2.18. The van der Waals surface area contributed by atoms with Gasteiger partial charge in [0.25, 0.3) is 0 Å². The lowest BCUT2D eigenvalue weighted by Gasteiger charge is -2.36. The lowest BCUT2D eigenvalue weighted by atomic mass is 10.2. The largest absolute Gasteiger partial charge is 0.481 e. The number of benzene rings is 1. The van der Waals surface area contributed by atoms with Crippen molar-refractivity contribution in [3.8, 4) is 5.88 Å². The predicted molar refractivity (Wildman–Crippen MR) is 84.5 cm³/mol. The van der Waals surface area contributed by atoms with Gasteiger partial charge in [0.1, 0.15) is 12.1 Å². The molecule has 0 amide bonds. The molecule has 2 heterocycles. The Balaban J connectivity index is 1.65. The van der Waals surface area contributed by atoms with Crippen LogP contribution in [0.1, 0.15) is 0 Å². The topological polar surface area (TPSA) is 41.5 Å². The quantitative estimate of drug-likeness (QED) is 0.871. The molecule has 0 bridgehead atoms. The second-order valence-corrected chi connectivity index (χ2v) is 5.31. The maximum Gasteiger partial charge on any atom is 0.218 e. The summed E-state index contributed by atoms with van der Waals surface area (Å²) in [4.78, 5) is 13.0. The highest BCUT2D eigenvalue weighted by Crippen LogP contribution is 2.22. The van der Waals surface area contributed by atoms with Crippen LogP contribution in [0.5, 0.6) is 5.88 Å². The molecule has 0 unspecified atom stereocenters. The summed E-state index contributed by atoms with van der Waals surface area (Å²) in [6.07, 6.45) is 1.54. The lowest BCUT2D eigenvalue weighted by molar-refractivity contribution is 0.396. The number of methoxy groups -OCH3 is 1. The number of hydrogen-bond acceptors (Lipinski definition) is 5. The van der Waals surface area contributed by atoms with Crippen LogP contribution in [0.25, 0.3) is 0 Å². The average Bonchev–Trinajstić information content (AvgIpc) is 2.56.